The summed E-state index contributed by atoms with van der Waals surface area (Å²) in [7, 11) is -3.76. The zero-order valence-electron chi connectivity index (χ0n) is 19.8. The van der Waals surface area contributed by atoms with Crippen LogP contribution in [0.25, 0.3) is 0 Å². The first-order chi connectivity index (χ1) is 16.7. The molecule has 8 heteroatoms. The van der Waals surface area contributed by atoms with Gasteiger partial charge >= 0.3 is 0 Å². The van der Waals surface area contributed by atoms with Gasteiger partial charge in [-0.25, -0.2) is 12.8 Å². The van der Waals surface area contributed by atoms with E-state index < -0.39 is 10.0 Å². The Morgan fingerprint density at radius 1 is 0.971 bits per heavy atom. The van der Waals surface area contributed by atoms with Crippen LogP contribution in [0.5, 0.6) is 0 Å². The SMILES string of the molecule is Cc1ccc(C)c(S(=O)(=O)Nc2ccc(C(=O)NCC3(c4ccc(F)cc4)CCOCC3)cc2)c1. The van der Waals surface area contributed by atoms with Crippen molar-refractivity contribution in [1.82, 2.24) is 5.32 Å². The fourth-order valence-corrected chi connectivity index (χ4v) is 5.77. The van der Waals surface area contributed by atoms with Gasteiger partial charge in [-0.05, 0) is 85.8 Å². The number of carbonyl (C=O) groups is 1. The molecule has 0 atom stereocenters. The van der Waals surface area contributed by atoms with E-state index in [9.17, 15) is 17.6 Å². The quantitative estimate of drug-likeness (QED) is 0.496. The van der Waals surface area contributed by atoms with Gasteiger partial charge in [0.2, 0.25) is 0 Å². The minimum absolute atomic E-state index is 0.224. The third-order valence-corrected chi connectivity index (χ3v) is 8.05. The van der Waals surface area contributed by atoms with Gasteiger partial charge in [0.1, 0.15) is 5.82 Å². The van der Waals surface area contributed by atoms with Crippen LogP contribution in [-0.4, -0.2) is 34.1 Å². The third-order valence-electron chi connectivity index (χ3n) is 6.53. The number of hydrogen-bond acceptors (Lipinski definition) is 4. The lowest BCUT2D eigenvalue weighted by atomic mass is 9.74. The second kappa shape index (κ2) is 10.2. The molecule has 0 aliphatic carbocycles. The molecule has 184 valence electrons. The fourth-order valence-electron chi connectivity index (χ4n) is 4.38. The molecule has 0 unspecified atom stereocenters. The Balaban J connectivity index is 1.45. The highest BCUT2D eigenvalue weighted by atomic mass is 32.2. The molecule has 0 saturated carbocycles. The number of sulfonamides is 1. The Morgan fingerprint density at radius 3 is 2.29 bits per heavy atom. The van der Waals surface area contributed by atoms with Crippen LogP contribution in [0, 0.1) is 19.7 Å². The minimum Gasteiger partial charge on any atom is -0.381 e. The molecule has 1 amide bonds. The average molecular weight is 497 g/mol. The molecule has 6 nitrogen and oxygen atoms in total. The number of hydrogen-bond donors (Lipinski definition) is 2. The first-order valence-corrected chi connectivity index (χ1v) is 13.0. The highest BCUT2D eigenvalue weighted by molar-refractivity contribution is 7.92. The molecule has 1 fully saturated rings. The molecule has 0 spiro atoms. The number of ether oxygens (including phenoxy) is 1. The number of aryl methyl sites for hydroxylation is 2. The second-order valence-electron chi connectivity index (χ2n) is 9.03. The van der Waals surface area contributed by atoms with E-state index in [0.717, 1.165) is 24.0 Å². The lowest BCUT2D eigenvalue weighted by Gasteiger charge is -2.38. The smallest absolute Gasteiger partial charge is 0.262 e. The number of halogens is 1. The van der Waals surface area contributed by atoms with E-state index in [1.807, 2.05) is 13.0 Å². The summed E-state index contributed by atoms with van der Waals surface area (Å²) in [5, 5.41) is 3.00. The van der Waals surface area contributed by atoms with Crippen molar-refractivity contribution in [2.75, 3.05) is 24.5 Å². The standard InChI is InChI=1S/C27H29FN2O4S/c1-19-3-4-20(2)25(17-19)35(32,33)30-24-11-5-21(6-12-24)26(31)29-18-27(13-15-34-16-14-27)22-7-9-23(28)10-8-22/h3-12,17,30H,13-16,18H2,1-2H3,(H,29,31). The maximum absolute atomic E-state index is 13.4. The van der Waals surface area contributed by atoms with Crippen LogP contribution < -0.4 is 10.0 Å². The number of rotatable bonds is 7. The van der Waals surface area contributed by atoms with Crippen LogP contribution in [0.2, 0.25) is 0 Å². The molecule has 3 aromatic carbocycles. The van der Waals surface area contributed by atoms with Gasteiger partial charge in [0, 0.05) is 36.4 Å². The van der Waals surface area contributed by atoms with E-state index in [0.29, 0.717) is 36.6 Å². The predicted molar refractivity (Wildman–Crippen MR) is 134 cm³/mol. The van der Waals surface area contributed by atoms with Crippen molar-refractivity contribution in [3.8, 4) is 0 Å². The van der Waals surface area contributed by atoms with Gasteiger partial charge in [-0.15, -0.1) is 0 Å². The number of nitrogens with one attached hydrogen (secondary N) is 2. The van der Waals surface area contributed by atoms with Crippen molar-refractivity contribution in [3.63, 3.8) is 0 Å². The summed E-state index contributed by atoms with van der Waals surface area (Å²) in [6, 6.07) is 18.0. The maximum Gasteiger partial charge on any atom is 0.262 e. The highest BCUT2D eigenvalue weighted by Gasteiger charge is 2.35. The normalized spacial score (nSPS) is 15.4. The van der Waals surface area contributed by atoms with E-state index in [4.69, 9.17) is 4.74 Å². The van der Waals surface area contributed by atoms with Gasteiger partial charge in [0.15, 0.2) is 0 Å². The molecular weight excluding hydrogens is 467 g/mol. The van der Waals surface area contributed by atoms with Crippen molar-refractivity contribution < 1.29 is 22.3 Å². The van der Waals surface area contributed by atoms with Crippen LogP contribution in [0.1, 0.15) is 39.9 Å². The first-order valence-electron chi connectivity index (χ1n) is 11.5. The molecule has 0 aromatic heterocycles. The lowest BCUT2D eigenvalue weighted by molar-refractivity contribution is 0.0487. The first kappa shape index (κ1) is 24.9. The maximum atomic E-state index is 13.4. The molecule has 4 rings (SSSR count). The molecular formula is C27H29FN2O4S. The molecule has 1 saturated heterocycles. The van der Waals surface area contributed by atoms with Crippen LogP contribution in [0.4, 0.5) is 10.1 Å². The summed E-state index contributed by atoms with van der Waals surface area (Å²) in [6.45, 7) is 5.12. The van der Waals surface area contributed by atoms with E-state index in [-0.39, 0.29) is 22.0 Å². The van der Waals surface area contributed by atoms with E-state index in [2.05, 4.69) is 10.0 Å². The van der Waals surface area contributed by atoms with E-state index in [1.165, 1.54) is 12.1 Å². The average Bonchev–Trinajstić information content (AvgIpc) is 2.85. The Hall–Kier alpha value is -3.23. The zero-order valence-corrected chi connectivity index (χ0v) is 20.6. The van der Waals surface area contributed by atoms with Crippen molar-refractivity contribution in [1.29, 1.82) is 0 Å². The predicted octanol–water partition coefficient (Wildman–Crippen LogP) is 4.72. The van der Waals surface area contributed by atoms with Crippen molar-refractivity contribution in [2.24, 2.45) is 0 Å². The number of carbonyl (C=O) groups excluding carboxylic acids is 1. The molecule has 1 aliphatic rings. The van der Waals surface area contributed by atoms with Crippen LogP contribution in [0.3, 0.4) is 0 Å². The molecule has 0 radical (unpaired) electrons. The summed E-state index contributed by atoms with van der Waals surface area (Å²) in [5.74, 6) is -0.560. The van der Waals surface area contributed by atoms with Crippen LogP contribution >= 0.6 is 0 Å². The molecule has 1 aliphatic heterocycles. The zero-order chi connectivity index (χ0) is 25.1. The Kier molecular flexibility index (Phi) is 7.23. The third kappa shape index (κ3) is 5.71. The topological polar surface area (TPSA) is 84.5 Å². The Labute approximate surface area is 205 Å². The summed E-state index contributed by atoms with van der Waals surface area (Å²) >= 11 is 0. The number of benzene rings is 3. The summed E-state index contributed by atoms with van der Waals surface area (Å²) in [4.78, 5) is 13.1. The van der Waals surface area contributed by atoms with E-state index in [1.54, 1.807) is 55.5 Å². The molecule has 35 heavy (non-hydrogen) atoms. The van der Waals surface area contributed by atoms with E-state index >= 15 is 0 Å². The van der Waals surface area contributed by atoms with Crippen molar-refractivity contribution >= 4 is 21.6 Å². The summed E-state index contributed by atoms with van der Waals surface area (Å²) in [6.07, 6.45) is 1.44. The molecule has 2 N–H and O–H groups in total. The van der Waals surface area contributed by atoms with Crippen LogP contribution in [0.15, 0.2) is 71.6 Å². The summed E-state index contributed by atoms with van der Waals surface area (Å²) < 4.78 is 47.2. The number of amides is 1. The van der Waals surface area contributed by atoms with Gasteiger partial charge in [-0.1, -0.05) is 24.3 Å². The van der Waals surface area contributed by atoms with Crippen molar-refractivity contribution in [3.05, 3.63) is 94.8 Å². The molecule has 3 aromatic rings. The number of anilines is 1. The summed E-state index contributed by atoms with van der Waals surface area (Å²) in [5.41, 5.74) is 2.94. The van der Waals surface area contributed by atoms with Gasteiger partial charge in [-0.3, -0.25) is 9.52 Å². The molecule has 1 heterocycles. The Morgan fingerprint density at radius 2 is 1.63 bits per heavy atom. The monoisotopic (exact) mass is 496 g/mol. The van der Waals surface area contributed by atoms with Crippen LogP contribution in [-0.2, 0) is 20.2 Å². The van der Waals surface area contributed by atoms with Gasteiger partial charge < -0.3 is 10.1 Å². The second-order valence-corrected chi connectivity index (χ2v) is 10.7. The van der Waals surface area contributed by atoms with Crippen molar-refractivity contribution in [2.45, 2.75) is 37.0 Å². The van der Waals surface area contributed by atoms with Gasteiger partial charge in [-0.2, -0.15) is 0 Å². The van der Waals surface area contributed by atoms with Gasteiger partial charge in [0.25, 0.3) is 15.9 Å². The highest BCUT2D eigenvalue weighted by Crippen LogP contribution is 2.34. The lowest BCUT2D eigenvalue weighted by Crippen LogP contribution is -2.44. The van der Waals surface area contributed by atoms with Gasteiger partial charge in [0.05, 0.1) is 4.90 Å². The fraction of sp³-hybridized carbons (Fsp3) is 0.296. The largest absolute Gasteiger partial charge is 0.381 e. The minimum atomic E-state index is -3.76. The molecule has 0 bridgehead atoms. The Bertz CT molecular complexity index is 1300.